The molecule has 0 unspecified atom stereocenters. The highest BCUT2D eigenvalue weighted by Crippen LogP contribution is 2.38. The first-order valence-corrected chi connectivity index (χ1v) is 18.6. The Kier molecular flexibility index (Phi) is 13.3. The third-order valence-corrected chi connectivity index (χ3v) is 13.2. The van der Waals surface area contributed by atoms with Crippen molar-refractivity contribution < 1.29 is 28.5 Å². The highest BCUT2D eigenvalue weighted by Gasteiger charge is 2.38. The molecule has 0 aromatic carbocycles. The summed E-state index contributed by atoms with van der Waals surface area (Å²) in [5.41, 5.74) is 2.43. The molecule has 3 aliphatic heterocycles. The molecule has 6 nitrogen and oxygen atoms in total. The molecule has 0 aromatic heterocycles. The van der Waals surface area contributed by atoms with E-state index in [4.69, 9.17) is 18.6 Å². The van der Waals surface area contributed by atoms with Crippen LogP contribution >= 0.6 is 0 Å². The molecular formula is C35H54O6Si. The van der Waals surface area contributed by atoms with Gasteiger partial charge in [0.2, 0.25) is 0 Å². The van der Waals surface area contributed by atoms with E-state index in [1.165, 1.54) is 11.6 Å². The van der Waals surface area contributed by atoms with Crippen LogP contribution in [0.1, 0.15) is 79.1 Å². The molecule has 0 aliphatic carbocycles. The van der Waals surface area contributed by atoms with E-state index in [-0.39, 0.29) is 29.5 Å². The van der Waals surface area contributed by atoms with Crippen LogP contribution in [0.3, 0.4) is 0 Å². The number of carbonyl (C=O) groups excluding carboxylic acids is 1. The maximum absolute atomic E-state index is 12.8. The van der Waals surface area contributed by atoms with Crippen LogP contribution in [-0.2, 0) is 23.4 Å². The number of hydrogen-bond acceptors (Lipinski definition) is 6. The maximum Gasteiger partial charge on any atom is 0.330 e. The van der Waals surface area contributed by atoms with Crippen LogP contribution in [0.5, 0.6) is 0 Å². The van der Waals surface area contributed by atoms with Crippen LogP contribution in [0.15, 0.2) is 72.4 Å². The van der Waals surface area contributed by atoms with E-state index >= 15 is 0 Å². The number of rotatable bonds is 5. The number of aliphatic hydroxyl groups excluding tert-OH is 1. The summed E-state index contributed by atoms with van der Waals surface area (Å²) in [7, 11) is -2.06. The summed E-state index contributed by atoms with van der Waals surface area (Å²) in [5.74, 6) is -0.478. The van der Waals surface area contributed by atoms with Crippen molar-refractivity contribution in [1.29, 1.82) is 0 Å². The van der Waals surface area contributed by atoms with Crippen molar-refractivity contribution in [3.05, 3.63) is 72.4 Å². The topological polar surface area (TPSA) is 74.2 Å². The first-order chi connectivity index (χ1) is 19.8. The molecule has 0 spiro atoms. The quantitative estimate of drug-likeness (QED) is 0.199. The van der Waals surface area contributed by atoms with Gasteiger partial charge >= 0.3 is 5.97 Å². The number of hydrogen-bond donors (Lipinski definition) is 1. The molecular weight excluding hydrogens is 544 g/mol. The van der Waals surface area contributed by atoms with E-state index in [9.17, 15) is 9.90 Å². The van der Waals surface area contributed by atoms with Gasteiger partial charge in [0.15, 0.2) is 8.32 Å². The van der Waals surface area contributed by atoms with Crippen molar-refractivity contribution in [2.75, 3.05) is 6.61 Å². The molecule has 0 radical (unpaired) electrons. The fourth-order valence-corrected chi connectivity index (χ4v) is 6.36. The Bertz CT molecular complexity index is 1050. The lowest BCUT2D eigenvalue weighted by Gasteiger charge is -2.39. The van der Waals surface area contributed by atoms with Gasteiger partial charge in [0.1, 0.15) is 12.2 Å². The van der Waals surface area contributed by atoms with Gasteiger partial charge in [0.25, 0.3) is 0 Å². The summed E-state index contributed by atoms with van der Waals surface area (Å²) in [6.45, 7) is 18.3. The Morgan fingerprint density at radius 1 is 1.12 bits per heavy atom. The van der Waals surface area contributed by atoms with Gasteiger partial charge in [-0.15, -0.1) is 0 Å². The highest BCUT2D eigenvalue weighted by molar-refractivity contribution is 6.74. The van der Waals surface area contributed by atoms with Crippen molar-refractivity contribution in [2.45, 2.75) is 134 Å². The number of carbonyl (C=O) groups is 1. The lowest BCUT2D eigenvalue weighted by Crippen LogP contribution is -2.43. The standard InChI is InChI=1S/C35H54O6Si/c1-26-12-8-13-28-14-9-15-29(39-28)16-11-19-34(37)40-33(32(36)21-20-30-24-27(2)22-23-38-30)18-10-17-31(25-26)41-42(6,7)35(3,4)5/h9-11,15,17,19-22,28-33,36H,1,8,12-14,16,18,23-25H2,2-7H3/b17-10+,19-11+,21-20+/t28-,29+,30-,31+,32+,33+/m1/s1. The van der Waals surface area contributed by atoms with Crippen molar-refractivity contribution in [2.24, 2.45) is 0 Å². The lowest BCUT2D eigenvalue weighted by atomic mass is 9.99. The number of esters is 1. The molecule has 3 rings (SSSR count). The monoisotopic (exact) mass is 598 g/mol. The zero-order valence-electron chi connectivity index (χ0n) is 26.7. The summed E-state index contributed by atoms with van der Waals surface area (Å²) >= 11 is 0. The van der Waals surface area contributed by atoms with Gasteiger partial charge in [0.05, 0.1) is 31.0 Å². The van der Waals surface area contributed by atoms with Crippen LogP contribution in [0.4, 0.5) is 0 Å². The van der Waals surface area contributed by atoms with E-state index in [1.807, 2.05) is 12.2 Å². The SMILES string of the molecule is C=C1CCC[C@@H]2CC=C[C@@H](C/C=C/C(=O)O[C@H]([C@@H](O)/C=C/[C@@H]3CC(C)=CCO3)C/C=C/[C@H](O[Si](C)(C)C(C)(C)C)C1)O2. The van der Waals surface area contributed by atoms with Gasteiger partial charge in [-0.25, -0.2) is 4.79 Å². The maximum atomic E-state index is 12.8. The summed E-state index contributed by atoms with van der Waals surface area (Å²) in [4.78, 5) is 12.8. The highest BCUT2D eigenvalue weighted by atomic mass is 28.4. The summed E-state index contributed by atoms with van der Waals surface area (Å²) in [6.07, 6.45) is 21.6. The second-order valence-corrected chi connectivity index (χ2v) is 18.3. The average Bonchev–Trinajstić information content (AvgIpc) is 2.90. The van der Waals surface area contributed by atoms with Gasteiger partial charge < -0.3 is 23.7 Å². The molecule has 0 saturated heterocycles. The van der Waals surface area contributed by atoms with Gasteiger partial charge in [-0.3, -0.25) is 0 Å². The molecule has 234 valence electrons. The first-order valence-electron chi connectivity index (χ1n) is 15.7. The number of cyclic esters (lactones) is 1. The van der Waals surface area contributed by atoms with Crippen LogP contribution < -0.4 is 0 Å². The molecule has 0 fully saturated rings. The largest absolute Gasteiger partial charge is 0.456 e. The summed E-state index contributed by atoms with van der Waals surface area (Å²) < 4.78 is 24.6. The lowest BCUT2D eigenvalue weighted by molar-refractivity contribution is -0.147. The zero-order valence-corrected chi connectivity index (χ0v) is 27.7. The average molecular weight is 599 g/mol. The normalized spacial score (nSPS) is 31.5. The van der Waals surface area contributed by atoms with Crippen LogP contribution in [-0.4, -0.2) is 62.6 Å². The minimum absolute atomic E-state index is 0.0579. The molecule has 6 atom stereocenters. The van der Waals surface area contributed by atoms with Gasteiger partial charge in [-0.2, -0.15) is 0 Å². The molecule has 3 aliphatic rings. The van der Waals surface area contributed by atoms with E-state index in [0.29, 0.717) is 19.4 Å². The zero-order chi connectivity index (χ0) is 30.8. The minimum atomic E-state index is -2.06. The third-order valence-electron chi connectivity index (χ3n) is 8.69. The fourth-order valence-electron chi connectivity index (χ4n) is 5.09. The van der Waals surface area contributed by atoms with E-state index in [1.54, 1.807) is 12.2 Å². The van der Waals surface area contributed by atoms with E-state index in [0.717, 1.165) is 44.1 Å². The van der Waals surface area contributed by atoms with E-state index < -0.39 is 26.5 Å². The Morgan fingerprint density at radius 3 is 2.62 bits per heavy atom. The molecule has 0 saturated carbocycles. The molecule has 1 N–H and O–H groups in total. The van der Waals surface area contributed by atoms with Crippen molar-refractivity contribution in [1.82, 2.24) is 0 Å². The summed E-state index contributed by atoms with van der Waals surface area (Å²) in [6, 6.07) is 0. The Morgan fingerprint density at radius 2 is 1.88 bits per heavy atom. The smallest absolute Gasteiger partial charge is 0.330 e. The number of fused-ring (bicyclic) bond motifs is 2. The molecule has 0 aromatic rings. The number of ether oxygens (including phenoxy) is 3. The predicted molar refractivity (Wildman–Crippen MR) is 173 cm³/mol. The third kappa shape index (κ3) is 11.6. The molecule has 7 heteroatoms. The molecule has 3 heterocycles. The van der Waals surface area contributed by atoms with Crippen molar-refractivity contribution in [3.8, 4) is 0 Å². The Hall–Kier alpha value is -2.03. The molecule has 42 heavy (non-hydrogen) atoms. The first kappa shape index (κ1) is 34.5. The van der Waals surface area contributed by atoms with Gasteiger partial charge in [0, 0.05) is 12.5 Å². The van der Waals surface area contributed by atoms with Crippen molar-refractivity contribution >= 4 is 14.3 Å². The molecule has 0 amide bonds. The van der Waals surface area contributed by atoms with Gasteiger partial charge in [-0.1, -0.05) is 87.1 Å². The van der Waals surface area contributed by atoms with Crippen LogP contribution in [0.25, 0.3) is 0 Å². The number of aliphatic hydroxyl groups is 1. The van der Waals surface area contributed by atoms with Crippen LogP contribution in [0.2, 0.25) is 18.1 Å². The fraction of sp³-hybridized carbons (Fsp3) is 0.629. The second-order valence-electron chi connectivity index (χ2n) is 13.5. The Labute approximate surface area is 255 Å². The minimum Gasteiger partial charge on any atom is -0.456 e. The second kappa shape index (κ2) is 16.2. The van der Waals surface area contributed by atoms with Crippen LogP contribution in [0, 0.1) is 0 Å². The summed E-state index contributed by atoms with van der Waals surface area (Å²) in [5, 5.41) is 11.2. The van der Waals surface area contributed by atoms with Crippen molar-refractivity contribution in [3.63, 3.8) is 0 Å². The predicted octanol–water partition coefficient (Wildman–Crippen LogP) is 7.68. The van der Waals surface area contributed by atoms with E-state index in [2.05, 4.69) is 71.7 Å². The Balaban J connectivity index is 1.81. The van der Waals surface area contributed by atoms with Gasteiger partial charge in [-0.05, 0) is 70.0 Å². The molecule has 2 bridgehead atoms.